The van der Waals surface area contributed by atoms with Crippen LogP contribution in [0.4, 0.5) is 0 Å². The van der Waals surface area contributed by atoms with Crippen LogP contribution in [0, 0.1) is 12.3 Å². The summed E-state index contributed by atoms with van der Waals surface area (Å²) in [6.07, 6.45) is 8.91. The van der Waals surface area contributed by atoms with E-state index in [4.69, 9.17) is 20.6 Å². The zero-order valence-corrected chi connectivity index (χ0v) is 15.0. The van der Waals surface area contributed by atoms with Crippen molar-refractivity contribution >= 4 is 29.2 Å². The number of aromatic amines is 1. The second-order valence-electron chi connectivity index (χ2n) is 5.55. The van der Waals surface area contributed by atoms with E-state index in [1.165, 1.54) is 7.11 Å². The number of nitrogens with one attached hydrogen (secondary N) is 1. The molecule has 1 heterocycles. The highest BCUT2D eigenvalue weighted by Crippen LogP contribution is 2.28. The number of nitrogens with zero attached hydrogens (tertiary/aromatic N) is 1. The van der Waals surface area contributed by atoms with Crippen molar-refractivity contribution in [2.45, 2.75) is 0 Å². The topological polar surface area (TPSA) is 73.4 Å². The van der Waals surface area contributed by atoms with Gasteiger partial charge in [0.05, 0.1) is 25.3 Å². The van der Waals surface area contributed by atoms with Gasteiger partial charge in [0.2, 0.25) is 0 Å². The molecule has 0 atom stereocenters. The van der Waals surface area contributed by atoms with E-state index >= 15 is 0 Å². The molecular formula is C21H18N2O4. The van der Waals surface area contributed by atoms with Crippen LogP contribution in [0.15, 0.2) is 36.4 Å². The van der Waals surface area contributed by atoms with Gasteiger partial charge in [0.25, 0.3) is 0 Å². The first-order chi connectivity index (χ1) is 13.2. The van der Waals surface area contributed by atoms with Crippen molar-refractivity contribution < 1.29 is 19.0 Å². The molecule has 2 aromatic carbocycles. The summed E-state index contributed by atoms with van der Waals surface area (Å²) in [5.41, 5.74) is 2.64. The Morgan fingerprint density at radius 3 is 2.81 bits per heavy atom. The lowest BCUT2D eigenvalue weighted by molar-refractivity contribution is 0.0603. The fraction of sp³-hybridized carbons (Fsp3) is 0.143. The van der Waals surface area contributed by atoms with Gasteiger partial charge >= 0.3 is 5.97 Å². The lowest BCUT2D eigenvalue weighted by atomic mass is 10.2. The molecule has 3 rings (SSSR count). The number of hydrogen-bond donors (Lipinski definition) is 1. The smallest absolute Gasteiger partial charge is 0.340 e. The van der Waals surface area contributed by atoms with Gasteiger partial charge in [0, 0.05) is 0 Å². The Labute approximate surface area is 156 Å². The molecule has 0 aliphatic rings. The molecule has 6 nitrogen and oxygen atoms in total. The molecule has 0 saturated carbocycles. The molecule has 0 unspecified atom stereocenters. The summed E-state index contributed by atoms with van der Waals surface area (Å²) in [6.45, 7) is 0.174. The first kappa shape index (κ1) is 18.1. The Kier molecular flexibility index (Phi) is 5.43. The highest BCUT2D eigenvalue weighted by atomic mass is 16.5. The molecule has 0 spiro atoms. The maximum Gasteiger partial charge on any atom is 0.340 e. The van der Waals surface area contributed by atoms with Crippen LogP contribution in [-0.2, 0) is 4.74 Å². The Bertz CT molecular complexity index is 1040. The summed E-state index contributed by atoms with van der Waals surface area (Å²) in [5.74, 6) is 3.79. The van der Waals surface area contributed by atoms with Crippen LogP contribution in [0.3, 0.4) is 0 Å². The van der Waals surface area contributed by atoms with Crippen LogP contribution >= 0.6 is 0 Å². The molecule has 0 saturated heterocycles. The summed E-state index contributed by atoms with van der Waals surface area (Å²) in [6, 6.07) is 10.8. The van der Waals surface area contributed by atoms with E-state index in [0.29, 0.717) is 28.4 Å². The van der Waals surface area contributed by atoms with Crippen LogP contribution in [0.25, 0.3) is 23.2 Å². The zero-order chi connectivity index (χ0) is 19.2. The van der Waals surface area contributed by atoms with Crippen molar-refractivity contribution in [3.63, 3.8) is 0 Å². The number of carbonyl (C=O) groups is 1. The van der Waals surface area contributed by atoms with E-state index < -0.39 is 5.97 Å². The average molecular weight is 362 g/mol. The first-order valence-corrected chi connectivity index (χ1v) is 8.15. The molecule has 0 aliphatic heterocycles. The Morgan fingerprint density at radius 2 is 2.07 bits per heavy atom. The van der Waals surface area contributed by atoms with Gasteiger partial charge in [-0.1, -0.05) is 24.1 Å². The number of terminal acetylenes is 1. The zero-order valence-electron chi connectivity index (χ0n) is 15.0. The van der Waals surface area contributed by atoms with Gasteiger partial charge in [-0.25, -0.2) is 9.78 Å². The lowest BCUT2D eigenvalue weighted by Gasteiger charge is -2.09. The van der Waals surface area contributed by atoms with Crippen molar-refractivity contribution in [1.29, 1.82) is 0 Å². The van der Waals surface area contributed by atoms with Crippen LogP contribution in [0.1, 0.15) is 21.7 Å². The third-order valence-electron chi connectivity index (χ3n) is 3.87. The third-order valence-corrected chi connectivity index (χ3v) is 3.87. The maximum absolute atomic E-state index is 11.9. The number of H-pyrrole nitrogens is 1. The highest BCUT2D eigenvalue weighted by Gasteiger charge is 2.13. The molecule has 1 N–H and O–H groups in total. The summed E-state index contributed by atoms with van der Waals surface area (Å²) in [5, 5.41) is 0. The first-order valence-electron chi connectivity index (χ1n) is 8.15. The number of hydrogen-bond acceptors (Lipinski definition) is 5. The molecule has 0 amide bonds. The van der Waals surface area contributed by atoms with E-state index in [1.54, 1.807) is 25.3 Å². The number of ether oxygens (including phenoxy) is 3. The molecule has 27 heavy (non-hydrogen) atoms. The predicted molar refractivity (Wildman–Crippen MR) is 104 cm³/mol. The monoisotopic (exact) mass is 362 g/mol. The van der Waals surface area contributed by atoms with Gasteiger partial charge in [-0.3, -0.25) is 0 Å². The maximum atomic E-state index is 11.9. The van der Waals surface area contributed by atoms with Crippen molar-refractivity contribution in [2.24, 2.45) is 0 Å². The van der Waals surface area contributed by atoms with Crippen LogP contribution in [0.5, 0.6) is 11.5 Å². The average Bonchev–Trinajstić information content (AvgIpc) is 3.13. The molecule has 6 heteroatoms. The molecule has 1 aromatic heterocycles. The van der Waals surface area contributed by atoms with Crippen LogP contribution in [0.2, 0.25) is 0 Å². The van der Waals surface area contributed by atoms with Crippen molar-refractivity contribution in [2.75, 3.05) is 20.8 Å². The van der Waals surface area contributed by atoms with Gasteiger partial charge in [0.1, 0.15) is 17.9 Å². The summed E-state index contributed by atoms with van der Waals surface area (Å²) >= 11 is 0. The normalized spacial score (nSPS) is 10.7. The second-order valence-corrected chi connectivity index (χ2v) is 5.55. The molecule has 0 radical (unpaired) electrons. The minimum atomic E-state index is -0.421. The number of rotatable bonds is 6. The number of para-hydroxylation sites is 1. The molecule has 136 valence electrons. The molecule has 0 bridgehead atoms. The van der Waals surface area contributed by atoms with Gasteiger partial charge < -0.3 is 19.2 Å². The van der Waals surface area contributed by atoms with Gasteiger partial charge in [-0.15, -0.1) is 6.42 Å². The van der Waals surface area contributed by atoms with Crippen LogP contribution in [-0.4, -0.2) is 36.8 Å². The molecule has 0 fully saturated rings. The Hall–Kier alpha value is -3.72. The highest BCUT2D eigenvalue weighted by molar-refractivity contribution is 6.02. The number of aromatic nitrogens is 2. The number of carbonyl (C=O) groups excluding carboxylic acids is 1. The second kappa shape index (κ2) is 8.11. The Morgan fingerprint density at radius 1 is 1.22 bits per heavy atom. The van der Waals surface area contributed by atoms with Crippen molar-refractivity contribution in [1.82, 2.24) is 9.97 Å². The third kappa shape index (κ3) is 3.93. The number of methoxy groups -OCH3 is 2. The SMILES string of the molecule is C#CCOc1ccc(C=Cc2nc3c(C(=O)OC)cccc3[nH]2)cc1OC. The van der Waals surface area contributed by atoms with E-state index in [2.05, 4.69) is 15.9 Å². The fourth-order valence-electron chi connectivity index (χ4n) is 2.61. The van der Waals surface area contributed by atoms with Gasteiger partial charge in [-0.05, 0) is 35.9 Å². The number of fused-ring (bicyclic) bond motifs is 1. The van der Waals surface area contributed by atoms with E-state index in [-0.39, 0.29) is 6.61 Å². The standard InChI is InChI=1S/C21H18N2O4/c1-4-12-27-17-10-8-14(13-18(17)25-2)9-11-19-22-16-7-5-6-15(20(16)23-19)21(24)26-3/h1,5-11,13H,12H2,2-3H3,(H,22,23). The van der Waals surface area contributed by atoms with Gasteiger partial charge in [-0.2, -0.15) is 0 Å². The minimum absolute atomic E-state index is 0.174. The van der Waals surface area contributed by atoms with Crippen molar-refractivity contribution in [3.05, 3.63) is 53.3 Å². The summed E-state index contributed by atoms with van der Waals surface area (Å²) < 4.78 is 15.6. The van der Waals surface area contributed by atoms with E-state index in [9.17, 15) is 4.79 Å². The van der Waals surface area contributed by atoms with Crippen molar-refractivity contribution in [3.8, 4) is 23.8 Å². The van der Waals surface area contributed by atoms with E-state index in [0.717, 1.165) is 11.1 Å². The minimum Gasteiger partial charge on any atom is -0.493 e. The fourth-order valence-corrected chi connectivity index (χ4v) is 2.61. The molecule has 3 aromatic rings. The van der Waals surface area contributed by atoms with Gasteiger partial charge in [0.15, 0.2) is 11.5 Å². The summed E-state index contributed by atoms with van der Waals surface area (Å²) in [7, 11) is 2.91. The number of esters is 1. The predicted octanol–water partition coefficient (Wildman–Crippen LogP) is 3.54. The molecular weight excluding hydrogens is 344 g/mol. The lowest BCUT2D eigenvalue weighted by Crippen LogP contribution is -2.01. The van der Waals surface area contributed by atoms with Crippen LogP contribution < -0.4 is 9.47 Å². The number of imidazole rings is 1. The van der Waals surface area contributed by atoms with E-state index in [1.807, 2.05) is 30.4 Å². The number of benzene rings is 2. The molecule has 0 aliphatic carbocycles. The summed E-state index contributed by atoms with van der Waals surface area (Å²) in [4.78, 5) is 19.5. The largest absolute Gasteiger partial charge is 0.493 e. The Balaban J connectivity index is 1.88. The quantitative estimate of drug-likeness (QED) is 0.536.